The summed E-state index contributed by atoms with van der Waals surface area (Å²) in [6, 6.07) is 0. The summed E-state index contributed by atoms with van der Waals surface area (Å²) in [5, 5.41) is 1.36. The summed E-state index contributed by atoms with van der Waals surface area (Å²) in [6.45, 7) is 2.96. The molecule has 0 aliphatic carbocycles. The van der Waals surface area contributed by atoms with Crippen molar-refractivity contribution >= 4 is 5.91 Å². The summed E-state index contributed by atoms with van der Waals surface area (Å²) >= 11 is 0. The topological polar surface area (TPSA) is 29.5 Å². The molecule has 1 amide bonds. The Kier molecular flexibility index (Phi) is 3.62. The third-order valence-corrected chi connectivity index (χ3v) is 1.71. The highest BCUT2D eigenvalue weighted by atomic mass is 16.7. The smallest absolute Gasteiger partial charge is 0.270 e. The van der Waals surface area contributed by atoms with Crippen LogP contribution in [0.15, 0.2) is 0 Å². The van der Waals surface area contributed by atoms with Gasteiger partial charge in [0.05, 0.1) is 6.61 Å². The molecule has 0 atom stereocenters. The Bertz CT molecular complexity index is 206. The van der Waals surface area contributed by atoms with E-state index < -0.39 is 0 Å². The van der Waals surface area contributed by atoms with Crippen LogP contribution in [0.3, 0.4) is 0 Å². The number of hydrogen-bond acceptors (Lipinski definition) is 2. The highest BCUT2D eigenvalue weighted by Crippen LogP contribution is 2.06. The molecule has 0 unspecified atom stereocenters. The van der Waals surface area contributed by atoms with Crippen molar-refractivity contribution in [2.24, 2.45) is 0 Å². The molecule has 1 fully saturated rings. The zero-order chi connectivity index (χ0) is 8.81. The van der Waals surface area contributed by atoms with E-state index in [9.17, 15) is 4.79 Å². The lowest BCUT2D eigenvalue weighted by atomic mass is 10.2. The Morgan fingerprint density at radius 3 is 3.00 bits per heavy atom. The Morgan fingerprint density at radius 2 is 2.25 bits per heavy atom. The molecule has 3 heteroatoms. The Labute approximate surface area is 72.6 Å². The number of nitrogens with zero attached hydrogens (tertiary/aromatic N) is 1. The lowest BCUT2D eigenvalue weighted by molar-refractivity contribution is -0.176. The summed E-state index contributed by atoms with van der Waals surface area (Å²) in [4.78, 5) is 16.4. The maximum Gasteiger partial charge on any atom is 0.322 e. The predicted molar refractivity (Wildman–Crippen MR) is 45.0 cm³/mol. The molecule has 1 heterocycles. The van der Waals surface area contributed by atoms with Gasteiger partial charge >= 0.3 is 5.91 Å². The van der Waals surface area contributed by atoms with Gasteiger partial charge in [0.1, 0.15) is 0 Å². The zero-order valence-electron chi connectivity index (χ0n) is 7.30. The van der Waals surface area contributed by atoms with Crippen molar-refractivity contribution < 1.29 is 9.63 Å². The highest BCUT2D eigenvalue weighted by Gasteiger charge is 2.13. The van der Waals surface area contributed by atoms with Crippen molar-refractivity contribution in [1.82, 2.24) is 5.06 Å². The van der Waals surface area contributed by atoms with Gasteiger partial charge in [0, 0.05) is 6.54 Å². The van der Waals surface area contributed by atoms with Crippen LogP contribution < -0.4 is 0 Å². The van der Waals surface area contributed by atoms with E-state index in [-0.39, 0.29) is 5.91 Å². The first kappa shape index (κ1) is 9.08. The highest BCUT2D eigenvalue weighted by molar-refractivity contribution is 5.92. The Balaban J connectivity index is 2.46. The van der Waals surface area contributed by atoms with Crippen LogP contribution in [0.5, 0.6) is 0 Å². The van der Waals surface area contributed by atoms with Gasteiger partial charge < -0.3 is 0 Å². The van der Waals surface area contributed by atoms with E-state index in [0.29, 0.717) is 13.2 Å². The van der Waals surface area contributed by atoms with Crippen LogP contribution in [0.1, 0.15) is 26.2 Å². The third kappa shape index (κ3) is 2.55. The number of hydrogen-bond donors (Lipinski definition) is 0. The number of rotatable bonds is 0. The van der Waals surface area contributed by atoms with E-state index in [1.54, 1.807) is 6.92 Å². The molecule has 1 rings (SSSR count). The minimum absolute atomic E-state index is 0.223. The Morgan fingerprint density at radius 1 is 1.42 bits per heavy atom. The van der Waals surface area contributed by atoms with Crippen molar-refractivity contribution in [2.45, 2.75) is 26.2 Å². The van der Waals surface area contributed by atoms with Gasteiger partial charge in [-0.15, -0.1) is 0 Å². The summed E-state index contributed by atoms with van der Waals surface area (Å²) in [5.41, 5.74) is 0. The van der Waals surface area contributed by atoms with Gasteiger partial charge in [0.25, 0.3) is 0 Å². The standard InChI is InChI=1S/C9H13NO2/c1-2-6-9(11)10-7-4-3-5-8-12-10/h3-5,7-8H2,1H3. The fourth-order valence-corrected chi connectivity index (χ4v) is 1.10. The monoisotopic (exact) mass is 167 g/mol. The third-order valence-electron chi connectivity index (χ3n) is 1.71. The average Bonchev–Trinajstić information content (AvgIpc) is 2.32. The maximum absolute atomic E-state index is 11.2. The van der Waals surface area contributed by atoms with Gasteiger partial charge in [-0.25, -0.2) is 5.06 Å². The van der Waals surface area contributed by atoms with E-state index in [1.165, 1.54) is 5.06 Å². The fraction of sp³-hybridized carbons (Fsp3) is 0.667. The summed E-state index contributed by atoms with van der Waals surface area (Å²) in [5.74, 6) is 4.80. The first-order chi connectivity index (χ1) is 5.84. The van der Waals surface area contributed by atoms with Crippen molar-refractivity contribution in [1.29, 1.82) is 0 Å². The average molecular weight is 167 g/mol. The molecule has 0 spiro atoms. The second-order valence-electron chi connectivity index (χ2n) is 2.68. The molecule has 66 valence electrons. The number of hydroxylamine groups is 2. The van der Waals surface area contributed by atoms with Gasteiger partial charge in [0.15, 0.2) is 0 Å². The van der Waals surface area contributed by atoms with Crippen LogP contribution in [0, 0.1) is 11.8 Å². The quantitative estimate of drug-likeness (QED) is 0.503. The molecule has 0 saturated carbocycles. The lowest BCUT2D eigenvalue weighted by Gasteiger charge is -2.15. The van der Waals surface area contributed by atoms with Gasteiger partial charge in [0.2, 0.25) is 0 Å². The molecular formula is C9H13NO2. The summed E-state index contributed by atoms with van der Waals surface area (Å²) < 4.78 is 0. The van der Waals surface area contributed by atoms with Gasteiger partial charge in [-0.05, 0) is 32.1 Å². The van der Waals surface area contributed by atoms with Crippen LogP contribution in [-0.2, 0) is 9.63 Å². The molecule has 3 nitrogen and oxygen atoms in total. The fourth-order valence-electron chi connectivity index (χ4n) is 1.10. The second kappa shape index (κ2) is 4.78. The lowest BCUT2D eigenvalue weighted by Crippen LogP contribution is -2.29. The molecule has 0 aromatic rings. The van der Waals surface area contributed by atoms with Gasteiger partial charge in [-0.3, -0.25) is 9.63 Å². The first-order valence-corrected chi connectivity index (χ1v) is 4.22. The second-order valence-corrected chi connectivity index (χ2v) is 2.68. The van der Waals surface area contributed by atoms with E-state index in [1.807, 2.05) is 0 Å². The van der Waals surface area contributed by atoms with E-state index >= 15 is 0 Å². The number of amides is 1. The van der Waals surface area contributed by atoms with Crippen LogP contribution in [0.25, 0.3) is 0 Å². The first-order valence-electron chi connectivity index (χ1n) is 4.22. The van der Waals surface area contributed by atoms with Crippen LogP contribution in [0.4, 0.5) is 0 Å². The van der Waals surface area contributed by atoms with E-state index in [4.69, 9.17) is 4.84 Å². The molecule has 0 aromatic heterocycles. The van der Waals surface area contributed by atoms with Crippen molar-refractivity contribution in [2.75, 3.05) is 13.2 Å². The minimum Gasteiger partial charge on any atom is -0.270 e. The van der Waals surface area contributed by atoms with Crippen molar-refractivity contribution in [3.63, 3.8) is 0 Å². The number of carbonyl (C=O) groups is 1. The molecule has 0 aromatic carbocycles. The normalized spacial score (nSPS) is 17.6. The molecule has 1 aliphatic rings. The minimum atomic E-state index is -0.223. The molecule has 0 N–H and O–H groups in total. The van der Waals surface area contributed by atoms with E-state index in [0.717, 1.165) is 19.3 Å². The van der Waals surface area contributed by atoms with Crippen LogP contribution in [-0.4, -0.2) is 24.1 Å². The van der Waals surface area contributed by atoms with Gasteiger partial charge in [-0.2, -0.15) is 0 Å². The molecule has 0 radical (unpaired) electrons. The summed E-state index contributed by atoms with van der Waals surface area (Å²) in [7, 11) is 0. The van der Waals surface area contributed by atoms with E-state index in [2.05, 4.69) is 11.8 Å². The molecular weight excluding hydrogens is 154 g/mol. The van der Waals surface area contributed by atoms with Gasteiger partial charge in [-0.1, -0.05) is 5.92 Å². The SMILES string of the molecule is CC#CC(=O)N1CCCCCO1. The maximum atomic E-state index is 11.2. The molecule has 12 heavy (non-hydrogen) atoms. The number of carbonyl (C=O) groups excluding carboxylic acids is 1. The predicted octanol–water partition coefficient (Wildman–Crippen LogP) is 0.954. The zero-order valence-corrected chi connectivity index (χ0v) is 7.30. The largest absolute Gasteiger partial charge is 0.322 e. The molecule has 0 bridgehead atoms. The summed E-state index contributed by atoms with van der Waals surface area (Å²) in [6.07, 6.45) is 3.17. The Hall–Kier alpha value is -1.01. The molecule has 1 saturated heterocycles. The van der Waals surface area contributed by atoms with Crippen molar-refractivity contribution in [3.8, 4) is 11.8 Å². The van der Waals surface area contributed by atoms with Crippen LogP contribution in [0.2, 0.25) is 0 Å². The van der Waals surface area contributed by atoms with Crippen LogP contribution >= 0.6 is 0 Å². The molecule has 1 aliphatic heterocycles. The van der Waals surface area contributed by atoms with Crippen molar-refractivity contribution in [3.05, 3.63) is 0 Å².